The molecule has 0 bridgehead atoms. The lowest BCUT2D eigenvalue weighted by atomic mass is 10.1. The third-order valence-corrected chi connectivity index (χ3v) is 4.85. The average Bonchev–Trinajstić information content (AvgIpc) is 2.86. The minimum absolute atomic E-state index is 0.0801. The van der Waals surface area contributed by atoms with Crippen molar-refractivity contribution in [2.24, 2.45) is 0 Å². The predicted octanol–water partition coefficient (Wildman–Crippen LogP) is 1.76. The molecule has 8 heteroatoms. The van der Waals surface area contributed by atoms with Crippen LogP contribution in [0.2, 0.25) is 0 Å². The molecule has 1 aromatic heterocycles. The number of nitrogens with one attached hydrogen (secondary N) is 2. The van der Waals surface area contributed by atoms with Crippen LogP contribution in [-0.4, -0.2) is 26.5 Å². The van der Waals surface area contributed by atoms with Crippen molar-refractivity contribution in [1.82, 2.24) is 9.88 Å². The fourth-order valence-corrected chi connectivity index (χ4v) is 3.03. The molecule has 0 spiro atoms. The fourth-order valence-electron chi connectivity index (χ4n) is 1.96. The van der Waals surface area contributed by atoms with Crippen LogP contribution < -0.4 is 10.0 Å². The third kappa shape index (κ3) is 3.18. The van der Waals surface area contributed by atoms with Gasteiger partial charge in [-0.3, -0.25) is 4.79 Å². The molecule has 0 atom stereocenters. The Labute approximate surface area is 128 Å². The molecule has 2 aromatic rings. The van der Waals surface area contributed by atoms with Gasteiger partial charge in [0.15, 0.2) is 5.82 Å². The van der Waals surface area contributed by atoms with Crippen LogP contribution in [0.5, 0.6) is 0 Å². The van der Waals surface area contributed by atoms with Gasteiger partial charge in [-0.2, -0.15) is 0 Å². The van der Waals surface area contributed by atoms with Crippen molar-refractivity contribution in [3.05, 3.63) is 40.6 Å². The number of sulfonamides is 1. The van der Waals surface area contributed by atoms with Crippen molar-refractivity contribution in [3.8, 4) is 0 Å². The van der Waals surface area contributed by atoms with Gasteiger partial charge in [0.1, 0.15) is 5.76 Å². The van der Waals surface area contributed by atoms with Crippen LogP contribution in [-0.2, 0) is 10.0 Å². The number of carbonyl (C=O) groups excluding carboxylic acids is 1. The molecule has 1 aromatic carbocycles. The van der Waals surface area contributed by atoms with E-state index < -0.39 is 15.9 Å². The lowest BCUT2D eigenvalue weighted by molar-refractivity contribution is 0.102. The highest BCUT2D eigenvalue weighted by Crippen LogP contribution is 2.21. The van der Waals surface area contributed by atoms with Crippen LogP contribution in [0.4, 0.5) is 5.82 Å². The van der Waals surface area contributed by atoms with Crippen LogP contribution in [0, 0.1) is 20.8 Å². The zero-order valence-corrected chi connectivity index (χ0v) is 13.5. The maximum Gasteiger partial charge on any atom is 0.256 e. The molecule has 22 heavy (non-hydrogen) atoms. The van der Waals surface area contributed by atoms with Gasteiger partial charge in [0.2, 0.25) is 10.0 Å². The van der Waals surface area contributed by atoms with E-state index in [-0.39, 0.29) is 16.3 Å². The number of hydrogen-bond donors (Lipinski definition) is 2. The van der Waals surface area contributed by atoms with Gasteiger partial charge < -0.3 is 9.84 Å². The molecular formula is C14H17N3O4S. The van der Waals surface area contributed by atoms with Crippen molar-refractivity contribution < 1.29 is 17.7 Å². The lowest BCUT2D eigenvalue weighted by Crippen LogP contribution is -2.21. The summed E-state index contributed by atoms with van der Waals surface area (Å²) in [6.07, 6.45) is 0. The van der Waals surface area contributed by atoms with Crippen molar-refractivity contribution >= 4 is 21.7 Å². The lowest BCUT2D eigenvalue weighted by Gasteiger charge is -2.11. The normalized spacial score (nSPS) is 11.5. The second-order valence-electron chi connectivity index (χ2n) is 4.90. The Hall–Kier alpha value is -2.19. The summed E-state index contributed by atoms with van der Waals surface area (Å²) in [7, 11) is -2.31. The molecule has 2 N–H and O–H groups in total. The summed E-state index contributed by atoms with van der Waals surface area (Å²) in [6, 6.07) is 4.55. The Kier molecular flexibility index (Phi) is 4.34. The molecule has 0 fully saturated rings. The van der Waals surface area contributed by atoms with E-state index in [4.69, 9.17) is 4.52 Å². The second-order valence-corrected chi connectivity index (χ2v) is 6.76. The van der Waals surface area contributed by atoms with Gasteiger partial charge in [-0.25, -0.2) is 13.1 Å². The van der Waals surface area contributed by atoms with E-state index >= 15 is 0 Å². The molecule has 0 aliphatic heterocycles. The first-order chi connectivity index (χ1) is 10.2. The average molecular weight is 323 g/mol. The van der Waals surface area contributed by atoms with E-state index in [0.717, 1.165) is 0 Å². The van der Waals surface area contributed by atoms with E-state index in [1.165, 1.54) is 13.1 Å². The largest absolute Gasteiger partial charge is 0.360 e. The Balaban J connectivity index is 2.41. The molecule has 0 aliphatic carbocycles. The molecule has 0 aliphatic rings. The summed E-state index contributed by atoms with van der Waals surface area (Å²) in [5.41, 5.74) is 1.54. The SMILES string of the molecule is CNS(=O)(=O)c1cc(C(=O)Nc2cc(C)on2)cc(C)c1C. The number of rotatable bonds is 4. The summed E-state index contributed by atoms with van der Waals surface area (Å²) in [6.45, 7) is 5.15. The highest BCUT2D eigenvalue weighted by molar-refractivity contribution is 7.89. The number of nitrogens with zero attached hydrogens (tertiary/aromatic N) is 1. The first-order valence-electron chi connectivity index (χ1n) is 6.54. The van der Waals surface area contributed by atoms with E-state index in [1.807, 2.05) is 0 Å². The van der Waals surface area contributed by atoms with E-state index in [2.05, 4.69) is 15.2 Å². The van der Waals surface area contributed by atoms with Gasteiger partial charge in [-0.05, 0) is 51.1 Å². The number of benzene rings is 1. The Bertz CT molecular complexity index is 825. The highest BCUT2D eigenvalue weighted by atomic mass is 32.2. The second kappa shape index (κ2) is 5.90. The van der Waals surface area contributed by atoms with Gasteiger partial charge in [0, 0.05) is 11.6 Å². The van der Waals surface area contributed by atoms with E-state index in [1.54, 1.807) is 32.9 Å². The molecule has 0 saturated heterocycles. The predicted molar refractivity (Wildman–Crippen MR) is 81.4 cm³/mol. The zero-order chi connectivity index (χ0) is 16.5. The quantitative estimate of drug-likeness (QED) is 0.893. The maximum atomic E-state index is 12.2. The maximum absolute atomic E-state index is 12.2. The standard InChI is InChI=1S/C14H17N3O4S/c1-8-5-11(7-12(10(8)3)22(19,20)15-4)14(18)16-13-6-9(2)21-17-13/h5-7,15H,1-4H3,(H,16,17,18). The minimum atomic E-state index is -3.64. The fraction of sp³-hybridized carbons (Fsp3) is 0.286. The van der Waals surface area contributed by atoms with Gasteiger partial charge in [0.05, 0.1) is 4.90 Å². The molecular weight excluding hydrogens is 306 g/mol. The number of hydrogen-bond acceptors (Lipinski definition) is 5. The number of anilines is 1. The Morgan fingerprint density at radius 1 is 1.18 bits per heavy atom. The summed E-state index contributed by atoms with van der Waals surface area (Å²) < 4.78 is 31.2. The monoisotopic (exact) mass is 323 g/mol. The Morgan fingerprint density at radius 2 is 1.86 bits per heavy atom. The van der Waals surface area contributed by atoms with Crippen molar-refractivity contribution in [2.45, 2.75) is 25.7 Å². The van der Waals surface area contributed by atoms with Crippen molar-refractivity contribution in [2.75, 3.05) is 12.4 Å². The molecule has 0 radical (unpaired) electrons. The summed E-state index contributed by atoms with van der Waals surface area (Å²) in [5.74, 6) is 0.386. The van der Waals surface area contributed by atoms with E-state index in [0.29, 0.717) is 16.9 Å². The number of carbonyl (C=O) groups is 1. The first-order valence-corrected chi connectivity index (χ1v) is 8.02. The van der Waals surface area contributed by atoms with Gasteiger partial charge in [-0.1, -0.05) is 5.16 Å². The summed E-state index contributed by atoms with van der Waals surface area (Å²) >= 11 is 0. The summed E-state index contributed by atoms with van der Waals surface area (Å²) in [4.78, 5) is 12.3. The summed E-state index contributed by atoms with van der Waals surface area (Å²) in [5, 5.41) is 6.23. The molecule has 118 valence electrons. The third-order valence-electron chi connectivity index (χ3n) is 3.31. The molecule has 0 unspecified atom stereocenters. The topological polar surface area (TPSA) is 101 Å². The smallest absolute Gasteiger partial charge is 0.256 e. The highest BCUT2D eigenvalue weighted by Gasteiger charge is 2.19. The molecule has 7 nitrogen and oxygen atoms in total. The molecule has 1 heterocycles. The van der Waals surface area contributed by atoms with Crippen molar-refractivity contribution in [1.29, 1.82) is 0 Å². The molecule has 1 amide bonds. The number of amides is 1. The van der Waals surface area contributed by atoms with Crippen LogP contribution in [0.15, 0.2) is 27.6 Å². The van der Waals surface area contributed by atoms with Crippen LogP contribution in [0.1, 0.15) is 27.2 Å². The number of aryl methyl sites for hydroxylation is 2. The van der Waals surface area contributed by atoms with Gasteiger partial charge >= 0.3 is 0 Å². The van der Waals surface area contributed by atoms with E-state index in [9.17, 15) is 13.2 Å². The van der Waals surface area contributed by atoms with Gasteiger partial charge in [0.25, 0.3) is 5.91 Å². The number of aromatic nitrogens is 1. The van der Waals surface area contributed by atoms with Crippen molar-refractivity contribution in [3.63, 3.8) is 0 Å². The van der Waals surface area contributed by atoms with Crippen LogP contribution in [0.25, 0.3) is 0 Å². The van der Waals surface area contributed by atoms with Crippen LogP contribution >= 0.6 is 0 Å². The minimum Gasteiger partial charge on any atom is -0.360 e. The molecule has 0 saturated carbocycles. The first kappa shape index (κ1) is 16.2. The Morgan fingerprint density at radius 3 is 2.41 bits per heavy atom. The zero-order valence-electron chi connectivity index (χ0n) is 12.7. The van der Waals surface area contributed by atoms with Gasteiger partial charge in [-0.15, -0.1) is 0 Å². The van der Waals surface area contributed by atoms with Crippen LogP contribution in [0.3, 0.4) is 0 Å². The molecule has 2 rings (SSSR count).